The summed E-state index contributed by atoms with van der Waals surface area (Å²) in [7, 11) is -2.76. The molecule has 51 heavy (non-hydrogen) atoms. The molecule has 0 aliphatic rings. The molecule has 7 heteroatoms. The Kier molecular flexibility index (Phi) is 16.6. The van der Waals surface area contributed by atoms with Gasteiger partial charge < -0.3 is 0 Å². The molecule has 0 aromatic carbocycles. The zero-order valence-corrected chi connectivity index (χ0v) is 38.6. The quantitative estimate of drug-likeness (QED) is 0.0430. The normalized spacial score (nSPS) is 12.4. The van der Waals surface area contributed by atoms with Gasteiger partial charge >= 0.3 is 0 Å². The smallest absolute Gasteiger partial charge is 0.0934 e. The maximum absolute atomic E-state index is 2.59. The Morgan fingerprint density at radius 1 is 0.314 bits per heavy atom. The second-order valence-corrected chi connectivity index (χ2v) is 31.8. The Morgan fingerprint density at radius 2 is 0.549 bits per heavy atom. The topological polar surface area (TPSA) is 0 Å². The predicted octanol–water partition coefficient (Wildman–Crippen LogP) is 16.8. The molecule has 0 nitrogen and oxygen atoms in total. The van der Waals surface area contributed by atoms with Gasteiger partial charge in [-0.25, -0.2) is 0 Å². The van der Waals surface area contributed by atoms with Gasteiger partial charge in [-0.3, -0.25) is 0 Å². The highest BCUT2D eigenvalue weighted by Crippen LogP contribution is 2.44. The minimum absolute atomic E-state index is 1.34. The molecule has 0 atom stereocenters. The van der Waals surface area contributed by atoms with Crippen LogP contribution in [-0.4, -0.2) is 16.1 Å². The summed E-state index contributed by atoms with van der Waals surface area (Å²) in [5.74, 6) is 0. The van der Waals surface area contributed by atoms with E-state index in [2.05, 4.69) is 123 Å². The number of thiophene rings is 5. The number of hydrogen-bond acceptors (Lipinski definition) is 5. The van der Waals surface area contributed by atoms with Crippen molar-refractivity contribution in [1.29, 1.82) is 0 Å². The van der Waals surface area contributed by atoms with E-state index in [-0.39, 0.29) is 0 Å². The highest BCUT2D eigenvalue weighted by Gasteiger charge is 2.26. The van der Waals surface area contributed by atoms with Crippen LogP contribution in [0.5, 0.6) is 0 Å². The minimum atomic E-state index is -1.38. The van der Waals surface area contributed by atoms with Crippen molar-refractivity contribution in [2.45, 2.75) is 155 Å². The lowest BCUT2D eigenvalue weighted by Gasteiger charge is -2.20. The zero-order chi connectivity index (χ0) is 36.1. The standard InChI is InChI=1S/C44H64S5Si2/c1-7-9-11-13-15-17-19-21-33-50(3,4)43-31-29-41(48-43)39-27-25-37(46-39)35-23-24-36(45-35)38-26-28-40(47-38)42-30-32-44(49-42)51(5,6)34-22-20-18-16-14-12-10-8-2/h23-32H,7-22,33-34H2,1-6H3. The van der Waals surface area contributed by atoms with E-state index in [4.69, 9.17) is 0 Å². The molecule has 0 aliphatic heterocycles. The van der Waals surface area contributed by atoms with Crippen LogP contribution in [0.3, 0.4) is 0 Å². The average Bonchev–Trinajstić information content (AvgIpc) is 3.95. The monoisotopic (exact) mass is 808 g/mol. The van der Waals surface area contributed by atoms with E-state index in [9.17, 15) is 0 Å². The Bertz CT molecular complexity index is 1590. The van der Waals surface area contributed by atoms with Crippen molar-refractivity contribution in [1.82, 2.24) is 0 Å². The van der Waals surface area contributed by atoms with Crippen LogP contribution < -0.4 is 9.00 Å². The molecule has 0 unspecified atom stereocenters. The Hall–Kier alpha value is -1.07. The molecule has 0 spiro atoms. The summed E-state index contributed by atoms with van der Waals surface area (Å²) in [4.78, 5) is 11.3. The lowest BCUT2D eigenvalue weighted by Crippen LogP contribution is -2.38. The van der Waals surface area contributed by atoms with E-state index in [1.165, 1.54) is 154 Å². The molecular weight excluding hydrogens is 745 g/mol. The van der Waals surface area contributed by atoms with E-state index < -0.39 is 16.1 Å². The van der Waals surface area contributed by atoms with E-state index in [1.54, 1.807) is 9.00 Å². The van der Waals surface area contributed by atoms with Crippen molar-refractivity contribution in [3.8, 4) is 39.0 Å². The van der Waals surface area contributed by atoms with Gasteiger partial charge in [0.15, 0.2) is 0 Å². The average molecular weight is 810 g/mol. The highest BCUT2D eigenvalue weighted by molar-refractivity contribution is 7.33. The fraction of sp³-hybridized carbons (Fsp3) is 0.545. The number of hydrogen-bond donors (Lipinski definition) is 0. The fourth-order valence-electron chi connectivity index (χ4n) is 7.12. The molecule has 0 N–H and O–H groups in total. The van der Waals surface area contributed by atoms with Crippen LogP contribution in [0.4, 0.5) is 0 Å². The molecular formula is C44H64S5Si2. The summed E-state index contributed by atoms with van der Waals surface area (Å²) < 4.78 is 3.35. The SMILES string of the molecule is CCCCCCCCCC[Si](C)(C)c1ccc(-c2ccc(-c3ccc(-c4ccc(-c5ccc([Si](C)(C)CCCCCCCCCC)s5)s4)s3)s2)s1. The van der Waals surface area contributed by atoms with E-state index in [0.717, 1.165) is 0 Å². The summed E-state index contributed by atoms with van der Waals surface area (Å²) in [6, 6.07) is 26.7. The first kappa shape index (κ1) is 41.1. The first-order chi connectivity index (χ1) is 24.7. The molecule has 0 fully saturated rings. The van der Waals surface area contributed by atoms with Crippen molar-refractivity contribution in [3.63, 3.8) is 0 Å². The molecule has 5 heterocycles. The van der Waals surface area contributed by atoms with Crippen LogP contribution in [0.15, 0.2) is 60.7 Å². The van der Waals surface area contributed by atoms with Crippen molar-refractivity contribution in [2.75, 3.05) is 0 Å². The third kappa shape index (κ3) is 12.2. The summed E-state index contributed by atoms with van der Waals surface area (Å²) in [5.41, 5.74) is 0. The van der Waals surface area contributed by atoms with Crippen molar-refractivity contribution >= 4 is 81.8 Å². The number of unbranched alkanes of at least 4 members (excludes halogenated alkanes) is 14. The van der Waals surface area contributed by atoms with Crippen LogP contribution >= 0.6 is 56.7 Å². The van der Waals surface area contributed by atoms with E-state index in [0.29, 0.717) is 0 Å². The lowest BCUT2D eigenvalue weighted by atomic mass is 10.1. The minimum Gasteiger partial charge on any atom is -0.144 e. The first-order valence-electron chi connectivity index (χ1n) is 20.2. The molecule has 0 saturated heterocycles. The summed E-state index contributed by atoms with van der Waals surface area (Å²) in [6.07, 6.45) is 22.6. The molecule has 278 valence electrons. The third-order valence-electron chi connectivity index (χ3n) is 10.6. The second kappa shape index (κ2) is 20.6. The van der Waals surface area contributed by atoms with Gasteiger partial charge in [-0.05, 0) is 57.5 Å². The molecule has 0 saturated carbocycles. The maximum Gasteiger partial charge on any atom is 0.0934 e. The van der Waals surface area contributed by atoms with Gasteiger partial charge in [-0.2, -0.15) is 0 Å². The zero-order valence-electron chi connectivity index (χ0n) is 32.5. The fourth-order valence-corrected chi connectivity index (χ4v) is 19.3. The van der Waals surface area contributed by atoms with Gasteiger partial charge in [-0.15, -0.1) is 56.7 Å². The van der Waals surface area contributed by atoms with Gasteiger partial charge in [0, 0.05) is 39.0 Å². The predicted molar refractivity (Wildman–Crippen MR) is 247 cm³/mol. The van der Waals surface area contributed by atoms with Crippen molar-refractivity contribution < 1.29 is 0 Å². The van der Waals surface area contributed by atoms with Gasteiger partial charge in [0.2, 0.25) is 0 Å². The Labute approximate surface area is 333 Å². The van der Waals surface area contributed by atoms with Crippen LogP contribution in [0.2, 0.25) is 38.3 Å². The second-order valence-electron chi connectivity index (χ2n) is 16.0. The summed E-state index contributed by atoms with van der Waals surface area (Å²) in [6.45, 7) is 15.0. The van der Waals surface area contributed by atoms with Crippen LogP contribution in [0.1, 0.15) is 117 Å². The molecule has 0 amide bonds. The summed E-state index contributed by atoms with van der Waals surface area (Å²) >= 11 is 10.0. The van der Waals surface area contributed by atoms with Gasteiger partial charge in [0.1, 0.15) is 0 Å². The van der Waals surface area contributed by atoms with Crippen LogP contribution in [-0.2, 0) is 0 Å². The van der Waals surface area contributed by atoms with E-state index in [1.807, 2.05) is 34.0 Å². The maximum atomic E-state index is 2.59. The van der Waals surface area contributed by atoms with Crippen molar-refractivity contribution in [2.24, 2.45) is 0 Å². The van der Waals surface area contributed by atoms with Gasteiger partial charge in [0.05, 0.1) is 16.1 Å². The Morgan fingerprint density at radius 3 is 0.843 bits per heavy atom. The van der Waals surface area contributed by atoms with Gasteiger partial charge in [0.25, 0.3) is 0 Å². The first-order valence-corrected chi connectivity index (χ1v) is 30.7. The number of rotatable bonds is 24. The van der Waals surface area contributed by atoms with Gasteiger partial charge in [-0.1, -0.05) is 167 Å². The lowest BCUT2D eigenvalue weighted by molar-refractivity contribution is 0.584. The molecule has 0 aliphatic carbocycles. The third-order valence-corrected chi connectivity index (χ3v) is 26.6. The molecule has 5 aromatic rings. The molecule has 0 bridgehead atoms. The van der Waals surface area contributed by atoms with E-state index >= 15 is 0 Å². The van der Waals surface area contributed by atoms with Crippen molar-refractivity contribution in [3.05, 3.63) is 60.7 Å². The molecule has 5 rings (SSSR count). The van der Waals surface area contributed by atoms with Crippen LogP contribution in [0, 0.1) is 0 Å². The largest absolute Gasteiger partial charge is 0.144 e. The molecule has 0 radical (unpaired) electrons. The molecule has 5 aromatic heterocycles. The summed E-state index contributed by atoms with van der Waals surface area (Å²) in [5, 5.41) is 0. The Balaban J connectivity index is 1.12. The van der Waals surface area contributed by atoms with Crippen LogP contribution in [0.25, 0.3) is 39.0 Å². The highest BCUT2D eigenvalue weighted by atomic mass is 32.1.